The lowest BCUT2D eigenvalue weighted by atomic mass is 10.2. The summed E-state index contributed by atoms with van der Waals surface area (Å²) in [6, 6.07) is 11.5. The molecule has 1 aromatic heterocycles. The fourth-order valence-corrected chi connectivity index (χ4v) is 3.68. The number of nitrogens with one attached hydrogen (secondary N) is 1. The van der Waals surface area contributed by atoms with Crippen LogP contribution in [0.2, 0.25) is 0 Å². The van der Waals surface area contributed by atoms with E-state index in [0.717, 1.165) is 5.56 Å². The molecule has 1 amide bonds. The second kappa shape index (κ2) is 8.02. The molecule has 26 heavy (non-hydrogen) atoms. The van der Waals surface area contributed by atoms with Gasteiger partial charge >= 0.3 is 0 Å². The van der Waals surface area contributed by atoms with Gasteiger partial charge in [0.05, 0.1) is 4.92 Å². The summed E-state index contributed by atoms with van der Waals surface area (Å²) >= 11 is 2.55. The normalized spacial score (nSPS) is 10.5. The van der Waals surface area contributed by atoms with E-state index < -0.39 is 16.6 Å². The molecule has 0 bridgehead atoms. The van der Waals surface area contributed by atoms with Crippen LogP contribution in [0.5, 0.6) is 0 Å². The molecule has 0 radical (unpaired) electrons. The number of nitro benzene ring substituents is 1. The van der Waals surface area contributed by atoms with Crippen molar-refractivity contribution < 1.29 is 14.1 Å². The quantitative estimate of drug-likeness (QED) is 0.294. The van der Waals surface area contributed by atoms with Crippen molar-refractivity contribution in [3.8, 4) is 0 Å². The summed E-state index contributed by atoms with van der Waals surface area (Å²) in [5, 5.41) is 21.6. The maximum Gasteiger partial charge on any atom is 0.269 e. The molecule has 2 aromatic carbocycles. The number of thioether (sulfide) groups is 1. The van der Waals surface area contributed by atoms with Crippen LogP contribution in [0.25, 0.3) is 0 Å². The Morgan fingerprint density at radius 1 is 1.23 bits per heavy atom. The van der Waals surface area contributed by atoms with Gasteiger partial charge in [0.25, 0.3) is 11.6 Å². The number of rotatable bonds is 6. The van der Waals surface area contributed by atoms with Gasteiger partial charge in [0, 0.05) is 23.4 Å². The van der Waals surface area contributed by atoms with Crippen molar-refractivity contribution in [1.29, 1.82) is 0 Å². The van der Waals surface area contributed by atoms with Crippen LogP contribution in [0.1, 0.15) is 15.9 Å². The number of halogens is 1. The Morgan fingerprint density at radius 2 is 2.00 bits per heavy atom. The Hall–Kier alpha value is -2.85. The van der Waals surface area contributed by atoms with E-state index in [4.69, 9.17) is 0 Å². The van der Waals surface area contributed by atoms with Crippen molar-refractivity contribution in [1.82, 2.24) is 10.2 Å². The van der Waals surface area contributed by atoms with E-state index in [2.05, 4.69) is 15.5 Å². The first-order chi connectivity index (χ1) is 12.5. The second-order valence-electron chi connectivity index (χ2n) is 5.05. The van der Waals surface area contributed by atoms with E-state index in [9.17, 15) is 19.3 Å². The molecule has 0 atom stereocenters. The molecule has 10 heteroatoms. The Labute approximate surface area is 155 Å². The summed E-state index contributed by atoms with van der Waals surface area (Å²) in [6.07, 6.45) is 0. The van der Waals surface area contributed by atoms with Crippen LogP contribution < -0.4 is 5.32 Å². The first-order valence-electron chi connectivity index (χ1n) is 7.28. The molecule has 3 aromatic rings. The zero-order valence-corrected chi connectivity index (χ0v) is 14.7. The first-order valence-corrected chi connectivity index (χ1v) is 9.08. The number of carbonyl (C=O) groups excluding carboxylic acids is 1. The zero-order valence-electron chi connectivity index (χ0n) is 13.1. The topological polar surface area (TPSA) is 98.0 Å². The molecular weight excluding hydrogens is 379 g/mol. The third-order valence-electron chi connectivity index (χ3n) is 3.22. The number of hydrogen-bond donors (Lipinski definition) is 1. The van der Waals surface area contributed by atoms with Crippen LogP contribution in [0.4, 0.5) is 15.2 Å². The molecule has 3 rings (SSSR count). The number of benzene rings is 2. The number of nitrogens with zero attached hydrogens (tertiary/aromatic N) is 3. The highest BCUT2D eigenvalue weighted by Gasteiger charge is 2.12. The molecule has 0 saturated heterocycles. The molecule has 0 fully saturated rings. The minimum atomic E-state index is -0.442. The molecule has 0 spiro atoms. The summed E-state index contributed by atoms with van der Waals surface area (Å²) < 4.78 is 13.5. The maximum atomic E-state index is 12.9. The van der Waals surface area contributed by atoms with E-state index in [1.165, 1.54) is 59.5 Å². The second-order valence-corrected chi connectivity index (χ2v) is 7.25. The van der Waals surface area contributed by atoms with Crippen molar-refractivity contribution in [2.75, 3.05) is 5.32 Å². The molecule has 0 saturated carbocycles. The van der Waals surface area contributed by atoms with Crippen LogP contribution in [-0.2, 0) is 5.75 Å². The Morgan fingerprint density at radius 3 is 2.73 bits per heavy atom. The standard InChI is InChI=1S/C16H11FN4O3S2/c17-12-6-4-11(5-7-12)14(22)18-15-19-20-16(26-15)25-9-10-2-1-3-13(8-10)21(23)24/h1-8H,9H2,(H,18,19,22). The van der Waals surface area contributed by atoms with Crippen molar-refractivity contribution in [3.63, 3.8) is 0 Å². The van der Waals surface area contributed by atoms with Crippen LogP contribution >= 0.6 is 23.1 Å². The molecule has 0 aliphatic carbocycles. The molecular formula is C16H11FN4O3S2. The summed E-state index contributed by atoms with van der Waals surface area (Å²) in [7, 11) is 0. The van der Waals surface area contributed by atoms with Gasteiger partial charge < -0.3 is 0 Å². The van der Waals surface area contributed by atoms with E-state index >= 15 is 0 Å². The molecule has 0 aliphatic rings. The average molecular weight is 390 g/mol. The number of hydrogen-bond acceptors (Lipinski definition) is 7. The van der Waals surface area contributed by atoms with Crippen LogP contribution in [0.15, 0.2) is 52.9 Å². The summed E-state index contributed by atoms with van der Waals surface area (Å²) in [4.78, 5) is 22.4. The molecule has 7 nitrogen and oxygen atoms in total. The minimum Gasteiger partial charge on any atom is -0.296 e. The van der Waals surface area contributed by atoms with Crippen molar-refractivity contribution >= 4 is 39.8 Å². The monoisotopic (exact) mass is 390 g/mol. The lowest BCUT2D eigenvalue weighted by Gasteiger charge is -2.00. The molecule has 132 valence electrons. The fourth-order valence-electron chi connectivity index (χ4n) is 1.99. The van der Waals surface area contributed by atoms with Gasteiger partial charge in [-0.2, -0.15) is 0 Å². The van der Waals surface area contributed by atoms with E-state index in [0.29, 0.717) is 20.8 Å². The van der Waals surface area contributed by atoms with Gasteiger partial charge in [-0.25, -0.2) is 4.39 Å². The van der Waals surface area contributed by atoms with Gasteiger partial charge in [-0.15, -0.1) is 10.2 Å². The van der Waals surface area contributed by atoms with Gasteiger partial charge in [0.2, 0.25) is 5.13 Å². The van der Waals surface area contributed by atoms with Crippen molar-refractivity contribution in [2.24, 2.45) is 0 Å². The van der Waals surface area contributed by atoms with E-state index in [1.807, 2.05) is 0 Å². The van der Waals surface area contributed by atoms with E-state index in [1.54, 1.807) is 12.1 Å². The number of aromatic nitrogens is 2. The van der Waals surface area contributed by atoms with Crippen molar-refractivity contribution in [3.05, 3.63) is 75.6 Å². The highest BCUT2D eigenvalue weighted by atomic mass is 32.2. The summed E-state index contributed by atoms with van der Waals surface area (Å²) in [6.45, 7) is 0. The highest BCUT2D eigenvalue weighted by Crippen LogP contribution is 2.29. The number of carbonyl (C=O) groups is 1. The SMILES string of the molecule is O=C(Nc1nnc(SCc2cccc([N+](=O)[O-])c2)s1)c1ccc(F)cc1. The Bertz CT molecular complexity index is 947. The number of amides is 1. The summed E-state index contributed by atoms with van der Waals surface area (Å²) in [5.74, 6) is -0.337. The fraction of sp³-hybridized carbons (Fsp3) is 0.0625. The van der Waals surface area contributed by atoms with Gasteiger partial charge in [-0.3, -0.25) is 20.2 Å². The minimum absolute atomic E-state index is 0.0348. The predicted molar refractivity (Wildman–Crippen MR) is 96.9 cm³/mol. The summed E-state index contributed by atoms with van der Waals surface area (Å²) in [5.41, 5.74) is 1.14. The lowest BCUT2D eigenvalue weighted by Crippen LogP contribution is -2.11. The first kappa shape index (κ1) is 18.0. The third kappa shape index (κ3) is 4.61. The highest BCUT2D eigenvalue weighted by molar-refractivity contribution is 8.00. The van der Waals surface area contributed by atoms with Gasteiger partial charge in [0.1, 0.15) is 5.82 Å². The van der Waals surface area contributed by atoms with Crippen LogP contribution in [-0.4, -0.2) is 21.0 Å². The van der Waals surface area contributed by atoms with Gasteiger partial charge in [-0.1, -0.05) is 35.2 Å². The number of nitro groups is 1. The maximum absolute atomic E-state index is 12.9. The lowest BCUT2D eigenvalue weighted by molar-refractivity contribution is -0.384. The van der Waals surface area contributed by atoms with Crippen LogP contribution in [0.3, 0.4) is 0 Å². The Balaban J connectivity index is 1.59. The third-order valence-corrected chi connectivity index (χ3v) is 5.26. The van der Waals surface area contributed by atoms with Gasteiger partial charge in [0.15, 0.2) is 4.34 Å². The largest absolute Gasteiger partial charge is 0.296 e. The molecule has 0 unspecified atom stereocenters. The molecule has 1 heterocycles. The smallest absolute Gasteiger partial charge is 0.269 e. The van der Waals surface area contributed by atoms with Crippen molar-refractivity contribution in [2.45, 2.75) is 10.1 Å². The Kier molecular flexibility index (Phi) is 5.54. The number of non-ortho nitro benzene ring substituents is 1. The predicted octanol–water partition coefficient (Wildman–Crippen LogP) is 4.13. The average Bonchev–Trinajstić information content (AvgIpc) is 3.08. The molecule has 1 N–H and O–H groups in total. The van der Waals surface area contributed by atoms with E-state index in [-0.39, 0.29) is 5.69 Å². The zero-order chi connectivity index (χ0) is 18.5. The van der Waals surface area contributed by atoms with Gasteiger partial charge in [-0.05, 0) is 29.8 Å². The molecule has 0 aliphatic heterocycles. The van der Waals surface area contributed by atoms with Crippen LogP contribution in [0, 0.1) is 15.9 Å². The number of anilines is 1.